The molecule has 7 heteroatoms. The minimum absolute atomic E-state index is 0.101. The van der Waals surface area contributed by atoms with Crippen molar-refractivity contribution in [3.63, 3.8) is 0 Å². The summed E-state index contributed by atoms with van der Waals surface area (Å²) >= 11 is 0. The van der Waals surface area contributed by atoms with Crippen LogP contribution in [0.4, 0.5) is 10.2 Å². The lowest BCUT2D eigenvalue weighted by Gasteiger charge is -2.35. The van der Waals surface area contributed by atoms with Gasteiger partial charge in [0, 0.05) is 50.1 Å². The number of allylic oxidation sites excluding steroid dienone is 1. The van der Waals surface area contributed by atoms with Gasteiger partial charge in [-0.1, -0.05) is 12.1 Å². The van der Waals surface area contributed by atoms with Crippen LogP contribution in [0.15, 0.2) is 58.7 Å². The number of piperazine rings is 1. The molecule has 0 bridgehead atoms. The molecule has 1 saturated heterocycles. The predicted octanol–water partition coefficient (Wildman–Crippen LogP) is 3.62. The number of amides is 1. The van der Waals surface area contributed by atoms with Gasteiger partial charge in [0.05, 0.1) is 5.56 Å². The second-order valence-electron chi connectivity index (χ2n) is 8.81. The average Bonchev–Trinajstić information content (AvgIpc) is 2.87. The van der Waals surface area contributed by atoms with E-state index in [4.69, 9.17) is 0 Å². The van der Waals surface area contributed by atoms with Gasteiger partial charge in [0.25, 0.3) is 5.91 Å². The maximum atomic E-state index is 14.7. The Morgan fingerprint density at radius 3 is 2.55 bits per heavy atom. The van der Waals surface area contributed by atoms with Crippen LogP contribution in [0.1, 0.15) is 41.6 Å². The highest BCUT2D eigenvalue weighted by molar-refractivity contribution is 6.14. The van der Waals surface area contributed by atoms with Crippen molar-refractivity contribution in [2.24, 2.45) is 4.99 Å². The summed E-state index contributed by atoms with van der Waals surface area (Å²) in [4.78, 5) is 38.1. The fourth-order valence-electron chi connectivity index (χ4n) is 4.94. The van der Waals surface area contributed by atoms with Crippen molar-refractivity contribution in [1.29, 1.82) is 0 Å². The minimum atomic E-state index is -0.505. The van der Waals surface area contributed by atoms with Gasteiger partial charge in [0.15, 0.2) is 5.78 Å². The van der Waals surface area contributed by atoms with Gasteiger partial charge in [-0.2, -0.15) is 0 Å². The number of hydrogen-bond acceptors (Lipinski definition) is 5. The molecule has 6 nitrogen and oxygen atoms in total. The van der Waals surface area contributed by atoms with Gasteiger partial charge < -0.3 is 9.80 Å². The van der Waals surface area contributed by atoms with Gasteiger partial charge in [-0.15, -0.1) is 0 Å². The first-order valence-corrected chi connectivity index (χ1v) is 11.6. The third-order valence-corrected chi connectivity index (χ3v) is 6.74. The first-order chi connectivity index (χ1) is 16.1. The number of pyridine rings is 1. The maximum Gasteiger partial charge on any atom is 0.256 e. The van der Waals surface area contributed by atoms with E-state index in [0.717, 1.165) is 53.9 Å². The average molecular weight is 447 g/mol. The van der Waals surface area contributed by atoms with E-state index in [9.17, 15) is 14.0 Å². The van der Waals surface area contributed by atoms with Gasteiger partial charge in [-0.25, -0.2) is 9.37 Å². The number of hydrogen-bond donors (Lipinski definition) is 0. The van der Waals surface area contributed by atoms with E-state index in [2.05, 4.69) is 14.9 Å². The number of carbonyl (C=O) groups is 2. The molecule has 170 valence electrons. The van der Waals surface area contributed by atoms with E-state index >= 15 is 0 Å². The number of benzene rings is 1. The van der Waals surface area contributed by atoms with Crippen molar-refractivity contribution in [3.05, 3.63) is 70.7 Å². The Morgan fingerprint density at radius 2 is 1.79 bits per heavy atom. The molecule has 2 aliphatic heterocycles. The molecule has 1 aromatic carbocycles. The fourth-order valence-corrected chi connectivity index (χ4v) is 4.94. The van der Waals surface area contributed by atoms with Crippen molar-refractivity contribution >= 4 is 23.2 Å². The van der Waals surface area contributed by atoms with Crippen LogP contribution in [0.2, 0.25) is 0 Å². The van der Waals surface area contributed by atoms with Crippen LogP contribution in [0, 0.1) is 5.82 Å². The Labute approximate surface area is 192 Å². The molecule has 0 spiro atoms. The summed E-state index contributed by atoms with van der Waals surface area (Å²) in [6.45, 7) is 2.55. The minimum Gasteiger partial charge on any atom is -0.353 e. The number of anilines is 1. The van der Waals surface area contributed by atoms with E-state index in [1.165, 1.54) is 6.07 Å². The molecule has 1 aromatic heterocycles. The van der Waals surface area contributed by atoms with E-state index in [1.807, 2.05) is 18.2 Å². The molecule has 3 heterocycles. The zero-order valence-electron chi connectivity index (χ0n) is 18.6. The summed E-state index contributed by atoms with van der Waals surface area (Å²) in [5.74, 6) is 0.233. The molecule has 2 aromatic rings. The van der Waals surface area contributed by atoms with E-state index < -0.39 is 5.82 Å². The van der Waals surface area contributed by atoms with Gasteiger partial charge >= 0.3 is 0 Å². The Hall–Kier alpha value is -3.35. The number of rotatable bonds is 4. The zero-order chi connectivity index (χ0) is 22.8. The summed E-state index contributed by atoms with van der Waals surface area (Å²) in [6.07, 6.45) is 6.06. The molecule has 1 aliphatic carbocycles. The largest absolute Gasteiger partial charge is 0.353 e. The van der Waals surface area contributed by atoms with Crippen molar-refractivity contribution in [1.82, 2.24) is 9.88 Å². The Bertz CT molecular complexity index is 1130. The van der Waals surface area contributed by atoms with Crippen molar-refractivity contribution in [2.75, 3.05) is 37.6 Å². The number of aromatic nitrogens is 1. The Kier molecular flexibility index (Phi) is 6.03. The van der Waals surface area contributed by atoms with Crippen LogP contribution in [-0.4, -0.2) is 60.0 Å². The first-order valence-electron chi connectivity index (χ1n) is 11.6. The van der Waals surface area contributed by atoms with Crippen LogP contribution in [0.3, 0.4) is 0 Å². The summed E-state index contributed by atoms with van der Waals surface area (Å²) in [5, 5.41) is 0. The number of dihydropyridines is 1. The molecule has 3 aliphatic rings. The quantitative estimate of drug-likeness (QED) is 0.720. The maximum absolute atomic E-state index is 14.7. The lowest BCUT2D eigenvalue weighted by atomic mass is 9.83. The SMILES string of the molecule is O=C1CN=C(Cc2ccc(F)c(C(=O)N3CCN(c4ccccn4)CC3)c2)C2=C1CCCC2. The molecule has 1 fully saturated rings. The molecule has 0 atom stereocenters. The van der Waals surface area contributed by atoms with Crippen LogP contribution in [0.25, 0.3) is 0 Å². The van der Waals surface area contributed by atoms with E-state index in [0.29, 0.717) is 32.6 Å². The molecule has 5 rings (SSSR count). The molecular formula is C26H27FN4O2. The molecule has 0 unspecified atom stereocenters. The van der Waals surface area contributed by atoms with Gasteiger partial charge in [-0.05, 0) is 61.1 Å². The second kappa shape index (κ2) is 9.25. The number of aliphatic imine (C=N–C) groups is 1. The first kappa shape index (κ1) is 21.5. The molecule has 0 radical (unpaired) electrons. The van der Waals surface area contributed by atoms with Crippen molar-refractivity contribution in [3.8, 4) is 0 Å². The smallest absolute Gasteiger partial charge is 0.256 e. The Morgan fingerprint density at radius 1 is 1.00 bits per heavy atom. The van der Waals surface area contributed by atoms with Crippen LogP contribution in [-0.2, 0) is 11.2 Å². The van der Waals surface area contributed by atoms with Crippen LogP contribution in [0.5, 0.6) is 0 Å². The monoisotopic (exact) mass is 446 g/mol. The van der Waals surface area contributed by atoms with E-state index in [-0.39, 0.29) is 23.8 Å². The Balaban J connectivity index is 1.30. The lowest BCUT2D eigenvalue weighted by Crippen LogP contribution is -2.49. The summed E-state index contributed by atoms with van der Waals surface area (Å²) in [6, 6.07) is 10.5. The van der Waals surface area contributed by atoms with Gasteiger partial charge in [0.1, 0.15) is 18.2 Å². The van der Waals surface area contributed by atoms with Crippen molar-refractivity contribution in [2.45, 2.75) is 32.1 Å². The highest BCUT2D eigenvalue weighted by Crippen LogP contribution is 2.30. The standard InChI is InChI=1S/C26H27FN4O2/c27-22-9-8-18(16-23-19-5-1-2-6-20(19)24(32)17-29-23)15-21(22)26(33)31-13-11-30(12-14-31)25-7-3-4-10-28-25/h3-4,7-10,15H,1-2,5-6,11-14,16-17H2. The fraction of sp³-hybridized carbons (Fsp3) is 0.385. The predicted molar refractivity (Wildman–Crippen MR) is 125 cm³/mol. The zero-order valence-corrected chi connectivity index (χ0v) is 18.6. The molecule has 1 amide bonds. The number of nitrogens with zero attached hydrogens (tertiary/aromatic N) is 4. The molecule has 33 heavy (non-hydrogen) atoms. The number of ketones is 1. The topological polar surface area (TPSA) is 65.9 Å². The summed E-state index contributed by atoms with van der Waals surface area (Å²) in [7, 11) is 0. The number of Topliss-reactive ketones (excluding diaryl/α,β-unsaturated/α-hetero) is 1. The normalized spacial score (nSPS) is 18.8. The van der Waals surface area contributed by atoms with Crippen molar-refractivity contribution < 1.29 is 14.0 Å². The summed E-state index contributed by atoms with van der Waals surface area (Å²) < 4.78 is 14.7. The molecular weight excluding hydrogens is 419 g/mol. The third-order valence-electron chi connectivity index (χ3n) is 6.74. The van der Waals surface area contributed by atoms with Crippen LogP contribution < -0.4 is 4.90 Å². The highest BCUT2D eigenvalue weighted by Gasteiger charge is 2.27. The highest BCUT2D eigenvalue weighted by atomic mass is 19.1. The second-order valence-corrected chi connectivity index (χ2v) is 8.81. The molecule has 0 saturated carbocycles. The number of carbonyl (C=O) groups excluding carboxylic acids is 2. The van der Waals surface area contributed by atoms with E-state index in [1.54, 1.807) is 23.2 Å². The number of halogens is 1. The third kappa shape index (κ3) is 4.45. The van der Waals surface area contributed by atoms with Crippen LogP contribution >= 0.6 is 0 Å². The lowest BCUT2D eigenvalue weighted by molar-refractivity contribution is -0.114. The summed E-state index contributed by atoms with van der Waals surface area (Å²) in [5.41, 5.74) is 3.86. The van der Waals surface area contributed by atoms with Gasteiger partial charge in [-0.3, -0.25) is 14.6 Å². The molecule has 0 N–H and O–H groups in total. The van der Waals surface area contributed by atoms with Gasteiger partial charge in [0.2, 0.25) is 0 Å².